The molecule has 1 heterocycles. The van der Waals surface area contributed by atoms with E-state index in [0.717, 1.165) is 17.6 Å². The largest absolute Gasteiger partial charge is 0.468 e. The first kappa shape index (κ1) is 20.3. The van der Waals surface area contributed by atoms with E-state index in [9.17, 15) is 4.79 Å². The Hall–Kier alpha value is -3.06. The van der Waals surface area contributed by atoms with Crippen molar-refractivity contribution in [2.24, 2.45) is 0 Å². The zero-order valence-electron chi connectivity index (χ0n) is 16.6. The summed E-state index contributed by atoms with van der Waals surface area (Å²) in [6, 6.07) is 7.52. The lowest BCUT2D eigenvalue weighted by Crippen LogP contribution is -2.13. The summed E-state index contributed by atoms with van der Waals surface area (Å²) in [7, 11) is 1.51. The molecule has 0 spiro atoms. The number of hydrogen-bond donors (Lipinski definition) is 0. The maximum atomic E-state index is 12.3. The molecule has 0 aliphatic heterocycles. The zero-order chi connectivity index (χ0) is 20.0. The number of benzene rings is 1. The fourth-order valence-electron chi connectivity index (χ4n) is 2.92. The van der Waals surface area contributed by atoms with E-state index in [0.29, 0.717) is 34.9 Å². The van der Waals surface area contributed by atoms with Gasteiger partial charge in [0.2, 0.25) is 0 Å². The van der Waals surface area contributed by atoms with Gasteiger partial charge < -0.3 is 9.15 Å². The van der Waals surface area contributed by atoms with Crippen LogP contribution in [0.25, 0.3) is 10.9 Å². The zero-order valence-corrected chi connectivity index (χ0v) is 16.6. The summed E-state index contributed by atoms with van der Waals surface area (Å²) >= 11 is 0. The van der Waals surface area contributed by atoms with Gasteiger partial charge in [0.25, 0.3) is 5.95 Å². The molecule has 0 unspecified atom stereocenters. The van der Waals surface area contributed by atoms with E-state index in [1.54, 1.807) is 13.8 Å². The molecule has 4 nitrogen and oxygen atoms in total. The number of ether oxygens (including phenoxy) is 1. The Bertz CT molecular complexity index is 970. The smallest absolute Gasteiger partial charge is 0.291 e. The van der Waals surface area contributed by atoms with E-state index in [1.165, 1.54) is 12.7 Å². The molecular weight excluding hydrogens is 338 g/mol. The Morgan fingerprint density at radius 2 is 1.85 bits per heavy atom. The fourth-order valence-corrected chi connectivity index (χ4v) is 2.92. The van der Waals surface area contributed by atoms with E-state index >= 15 is 0 Å². The highest BCUT2D eigenvalue weighted by Crippen LogP contribution is 2.21. The van der Waals surface area contributed by atoms with Gasteiger partial charge >= 0.3 is 0 Å². The molecule has 0 aliphatic carbocycles. The maximum Gasteiger partial charge on any atom is 0.291 e. The van der Waals surface area contributed by atoms with Crippen molar-refractivity contribution in [1.82, 2.24) is 0 Å². The van der Waals surface area contributed by atoms with Crippen molar-refractivity contribution in [3.8, 4) is 5.95 Å². The topological polar surface area (TPSA) is 43.8 Å². The number of methoxy groups -OCH3 is 1. The van der Waals surface area contributed by atoms with Crippen LogP contribution in [0.1, 0.15) is 42.7 Å². The second kappa shape index (κ2) is 9.05. The Morgan fingerprint density at radius 1 is 1.19 bits per heavy atom. The second-order valence-electron chi connectivity index (χ2n) is 6.68. The second-order valence-corrected chi connectivity index (χ2v) is 6.68. The van der Waals surface area contributed by atoms with Crippen LogP contribution in [0.4, 0.5) is 5.69 Å². The number of nitrogens with zero attached hydrogens (tertiary/aromatic N) is 1. The summed E-state index contributed by atoms with van der Waals surface area (Å²) in [4.78, 5) is 15.7. The number of hydrogen-bond acceptors (Lipinski definition) is 3. The van der Waals surface area contributed by atoms with Gasteiger partial charge in [0, 0.05) is 12.0 Å². The van der Waals surface area contributed by atoms with Crippen LogP contribution in [0.5, 0.6) is 5.95 Å². The van der Waals surface area contributed by atoms with Gasteiger partial charge in [-0.05, 0) is 39.7 Å². The van der Waals surface area contributed by atoms with Gasteiger partial charge in [0.1, 0.15) is 5.76 Å². The molecule has 1 aromatic carbocycles. The van der Waals surface area contributed by atoms with Crippen molar-refractivity contribution in [3.05, 3.63) is 85.6 Å². The standard InChI is InChI=1S/C23H25NO3/c1-15(13-16(2)14-19-8-10-20(24-5)11-9-19)7-12-21-17(3)22(25)18(4)23(26-6)27-21/h8-11,13-14H,7,12H2,1-4,6H3/b15-13+,16-14+. The summed E-state index contributed by atoms with van der Waals surface area (Å²) in [5, 5.41) is 0. The van der Waals surface area contributed by atoms with Gasteiger partial charge in [-0.3, -0.25) is 4.79 Å². The monoisotopic (exact) mass is 363 g/mol. The molecule has 0 aliphatic rings. The molecule has 2 aromatic rings. The lowest BCUT2D eigenvalue weighted by atomic mass is 10.0. The van der Waals surface area contributed by atoms with Crippen molar-refractivity contribution in [3.63, 3.8) is 0 Å². The first-order chi connectivity index (χ1) is 12.8. The summed E-state index contributed by atoms with van der Waals surface area (Å²) in [6.07, 6.45) is 5.64. The molecule has 0 bridgehead atoms. The molecule has 0 radical (unpaired) electrons. The highest BCUT2D eigenvalue weighted by molar-refractivity contribution is 5.59. The van der Waals surface area contributed by atoms with Crippen molar-refractivity contribution in [1.29, 1.82) is 0 Å². The third kappa shape index (κ3) is 5.21. The summed E-state index contributed by atoms with van der Waals surface area (Å²) < 4.78 is 10.9. The third-order valence-electron chi connectivity index (χ3n) is 4.44. The van der Waals surface area contributed by atoms with Gasteiger partial charge in [-0.1, -0.05) is 47.6 Å². The van der Waals surface area contributed by atoms with Crippen LogP contribution in [-0.4, -0.2) is 7.11 Å². The quantitative estimate of drug-likeness (QED) is 0.481. The molecule has 1 aromatic heterocycles. The molecule has 4 heteroatoms. The van der Waals surface area contributed by atoms with E-state index in [4.69, 9.17) is 15.7 Å². The Morgan fingerprint density at radius 3 is 2.44 bits per heavy atom. The molecule has 27 heavy (non-hydrogen) atoms. The fraction of sp³-hybridized carbons (Fsp3) is 0.304. The van der Waals surface area contributed by atoms with Crippen molar-refractivity contribution < 1.29 is 9.15 Å². The van der Waals surface area contributed by atoms with Crippen molar-refractivity contribution >= 4 is 11.8 Å². The molecule has 0 atom stereocenters. The summed E-state index contributed by atoms with van der Waals surface area (Å²) in [5.74, 6) is 0.965. The molecule has 0 saturated heterocycles. The molecule has 0 fully saturated rings. The van der Waals surface area contributed by atoms with Gasteiger partial charge in [-0.25, -0.2) is 4.85 Å². The minimum Gasteiger partial charge on any atom is -0.468 e. The van der Waals surface area contributed by atoms with Gasteiger partial charge in [0.15, 0.2) is 11.1 Å². The van der Waals surface area contributed by atoms with Crippen LogP contribution in [0.2, 0.25) is 0 Å². The van der Waals surface area contributed by atoms with E-state index < -0.39 is 0 Å². The van der Waals surface area contributed by atoms with Crippen LogP contribution in [-0.2, 0) is 6.42 Å². The van der Waals surface area contributed by atoms with Gasteiger partial charge in [-0.15, -0.1) is 0 Å². The maximum absolute atomic E-state index is 12.3. The van der Waals surface area contributed by atoms with E-state index in [2.05, 4.69) is 23.9 Å². The molecular formula is C23H25NO3. The van der Waals surface area contributed by atoms with Crippen molar-refractivity contribution in [2.75, 3.05) is 7.11 Å². The van der Waals surface area contributed by atoms with E-state index in [-0.39, 0.29) is 5.43 Å². The Labute approximate surface area is 160 Å². The minimum absolute atomic E-state index is 0.0198. The molecule has 140 valence electrons. The van der Waals surface area contributed by atoms with Crippen molar-refractivity contribution in [2.45, 2.75) is 40.5 Å². The number of allylic oxidation sites excluding steroid dienone is 3. The molecule has 2 rings (SSSR count). The summed E-state index contributed by atoms with van der Waals surface area (Å²) in [6.45, 7) is 14.6. The van der Waals surface area contributed by atoms with Gasteiger partial charge in [-0.2, -0.15) is 0 Å². The van der Waals surface area contributed by atoms with Crippen LogP contribution < -0.4 is 10.2 Å². The highest BCUT2D eigenvalue weighted by Gasteiger charge is 2.13. The predicted molar refractivity (Wildman–Crippen MR) is 109 cm³/mol. The lowest BCUT2D eigenvalue weighted by molar-refractivity contribution is 0.279. The lowest BCUT2D eigenvalue weighted by Gasteiger charge is -2.09. The predicted octanol–water partition coefficient (Wildman–Crippen LogP) is 5.80. The minimum atomic E-state index is -0.0198. The average molecular weight is 363 g/mol. The first-order valence-corrected chi connectivity index (χ1v) is 8.86. The van der Waals surface area contributed by atoms with Crippen LogP contribution in [0.15, 0.2) is 50.7 Å². The number of aryl methyl sites for hydroxylation is 1. The third-order valence-corrected chi connectivity index (χ3v) is 4.44. The highest BCUT2D eigenvalue weighted by atomic mass is 16.6. The molecule has 0 N–H and O–H groups in total. The first-order valence-electron chi connectivity index (χ1n) is 8.86. The van der Waals surface area contributed by atoms with Crippen LogP contribution >= 0.6 is 0 Å². The normalized spacial score (nSPS) is 12.0. The summed E-state index contributed by atoms with van der Waals surface area (Å²) in [5.41, 5.74) is 5.16. The SMILES string of the molecule is [C-]#[N+]c1ccc(/C=C(C)/C=C(\C)CCc2oc(OC)c(C)c(=O)c2C)cc1. The Kier molecular flexibility index (Phi) is 6.79. The van der Waals surface area contributed by atoms with Crippen LogP contribution in [0.3, 0.4) is 0 Å². The average Bonchev–Trinajstić information content (AvgIpc) is 2.66. The molecule has 0 amide bonds. The van der Waals surface area contributed by atoms with Crippen LogP contribution in [0, 0.1) is 20.4 Å². The number of rotatable bonds is 6. The van der Waals surface area contributed by atoms with E-state index in [1.807, 2.05) is 31.2 Å². The molecule has 0 saturated carbocycles. The van der Waals surface area contributed by atoms with Gasteiger partial charge in [0.05, 0.1) is 19.2 Å². The Balaban J connectivity index is 2.11.